The molecule has 9 nitrogen and oxygen atoms in total. The number of nitrogens with zero attached hydrogens (tertiary/aromatic N) is 2. The van der Waals surface area contributed by atoms with E-state index in [1.807, 2.05) is 0 Å². The fraction of sp³-hybridized carbons (Fsp3) is 0.533. The van der Waals surface area contributed by atoms with Gasteiger partial charge >= 0.3 is 0 Å². The van der Waals surface area contributed by atoms with Crippen molar-refractivity contribution in [1.29, 1.82) is 0 Å². The molecule has 0 aliphatic rings. The molecule has 1 rings (SSSR count). The van der Waals surface area contributed by atoms with Crippen LogP contribution in [0.15, 0.2) is 12.1 Å². The molecule has 0 fully saturated rings. The molecule has 0 aliphatic heterocycles. The van der Waals surface area contributed by atoms with Crippen molar-refractivity contribution in [3.8, 4) is 17.2 Å². The van der Waals surface area contributed by atoms with E-state index < -0.39 is 10.2 Å². The number of carbonyl (C=O) groups excluding carboxylic acids is 1. The lowest BCUT2D eigenvalue weighted by Gasteiger charge is -2.24. The predicted molar refractivity (Wildman–Crippen MR) is 94.7 cm³/mol. The molecule has 0 aliphatic carbocycles. The third-order valence-corrected chi connectivity index (χ3v) is 4.97. The Balaban J connectivity index is 3.09. The largest absolute Gasteiger partial charge is 0.493 e. The first-order chi connectivity index (χ1) is 11.7. The predicted octanol–water partition coefficient (Wildman–Crippen LogP) is 0.461. The Morgan fingerprint density at radius 2 is 1.60 bits per heavy atom. The molecule has 0 spiro atoms. The number of ether oxygens (including phenoxy) is 3. The number of rotatable bonds is 9. The number of methoxy groups -OCH3 is 3. The van der Waals surface area contributed by atoms with E-state index in [1.165, 1.54) is 47.2 Å². The lowest BCUT2D eigenvalue weighted by Crippen LogP contribution is -2.41. The number of nitrogens with one attached hydrogen (secondary N) is 1. The fourth-order valence-corrected chi connectivity index (χ4v) is 2.71. The Morgan fingerprint density at radius 3 is 1.96 bits per heavy atom. The summed E-state index contributed by atoms with van der Waals surface area (Å²) in [5.41, 5.74) is 0.506. The van der Waals surface area contributed by atoms with E-state index in [-0.39, 0.29) is 19.0 Å². The maximum absolute atomic E-state index is 12.0. The van der Waals surface area contributed by atoms with E-state index in [0.29, 0.717) is 22.9 Å². The van der Waals surface area contributed by atoms with Crippen LogP contribution in [0.25, 0.3) is 0 Å². The van der Waals surface area contributed by atoms with Crippen LogP contribution in [0.3, 0.4) is 0 Å². The van der Waals surface area contributed by atoms with Crippen LogP contribution in [0.4, 0.5) is 5.69 Å². The van der Waals surface area contributed by atoms with Gasteiger partial charge in [0.25, 0.3) is 10.2 Å². The topological polar surface area (TPSA) is 97.4 Å². The first kappa shape index (κ1) is 21.0. The van der Waals surface area contributed by atoms with Crippen LogP contribution in [-0.4, -0.2) is 67.1 Å². The highest BCUT2D eigenvalue weighted by atomic mass is 32.2. The number of anilines is 1. The third kappa shape index (κ3) is 5.21. The minimum Gasteiger partial charge on any atom is -0.493 e. The zero-order valence-electron chi connectivity index (χ0n) is 15.3. The van der Waals surface area contributed by atoms with Crippen molar-refractivity contribution in [3.63, 3.8) is 0 Å². The molecule has 0 aromatic heterocycles. The SMILES string of the molecule is COc1cc(N(CCNS(=O)(=O)N(C)C)C(C)=O)cc(OC)c1OC. The van der Waals surface area contributed by atoms with E-state index in [0.717, 1.165) is 4.31 Å². The van der Waals surface area contributed by atoms with Gasteiger partial charge in [-0.3, -0.25) is 4.79 Å². The average Bonchev–Trinajstić information content (AvgIpc) is 2.56. The highest BCUT2D eigenvalue weighted by Gasteiger charge is 2.20. The normalized spacial score (nSPS) is 11.3. The van der Waals surface area contributed by atoms with Crippen molar-refractivity contribution in [2.75, 3.05) is 53.4 Å². The molecule has 1 aromatic rings. The summed E-state index contributed by atoms with van der Waals surface area (Å²) in [6.07, 6.45) is 0. The van der Waals surface area contributed by atoms with Crippen LogP contribution in [0.5, 0.6) is 17.2 Å². The first-order valence-electron chi connectivity index (χ1n) is 7.43. The van der Waals surface area contributed by atoms with Gasteiger partial charge in [-0.05, 0) is 0 Å². The summed E-state index contributed by atoms with van der Waals surface area (Å²) in [5.74, 6) is 0.956. The Morgan fingerprint density at radius 1 is 1.08 bits per heavy atom. The van der Waals surface area contributed by atoms with Crippen molar-refractivity contribution in [3.05, 3.63) is 12.1 Å². The standard InChI is InChI=1S/C15H25N3O6S/c1-11(19)18(8-7-16-25(20,21)17(2)3)12-9-13(22-4)15(24-6)14(10-12)23-5/h9-10,16H,7-8H2,1-6H3. The Bertz CT molecular complexity index is 680. The monoisotopic (exact) mass is 375 g/mol. The number of carbonyl (C=O) groups is 1. The summed E-state index contributed by atoms with van der Waals surface area (Å²) in [7, 11) is 3.72. The lowest BCUT2D eigenvalue weighted by atomic mass is 10.2. The molecule has 1 amide bonds. The highest BCUT2D eigenvalue weighted by Crippen LogP contribution is 2.41. The first-order valence-corrected chi connectivity index (χ1v) is 8.87. The maximum atomic E-state index is 12.0. The number of amides is 1. The van der Waals surface area contributed by atoms with E-state index in [1.54, 1.807) is 12.1 Å². The summed E-state index contributed by atoms with van der Waals surface area (Å²) in [6.45, 7) is 1.58. The molecule has 1 aromatic carbocycles. The highest BCUT2D eigenvalue weighted by molar-refractivity contribution is 7.87. The van der Waals surface area contributed by atoms with Crippen LogP contribution in [0.2, 0.25) is 0 Å². The second-order valence-corrected chi connectivity index (χ2v) is 7.21. The van der Waals surface area contributed by atoms with Crippen LogP contribution in [0.1, 0.15) is 6.92 Å². The number of benzene rings is 1. The molecule has 25 heavy (non-hydrogen) atoms. The summed E-state index contributed by atoms with van der Waals surface area (Å²) >= 11 is 0. The molecule has 0 radical (unpaired) electrons. The molecule has 0 heterocycles. The Labute approximate surface area is 148 Å². The second kappa shape index (κ2) is 8.88. The molecule has 0 saturated heterocycles. The summed E-state index contributed by atoms with van der Waals surface area (Å²) in [6, 6.07) is 3.26. The van der Waals surface area contributed by atoms with E-state index in [2.05, 4.69) is 4.72 Å². The van der Waals surface area contributed by atoms with Gasteiger partial charge in [0.15, 0.2) is 11.5 Å². The lowest BCUT2D eigenvalue weighted by molar-refractivity contribution is -0.116. The molecule has 0 unspecified atom stereocenters. The molecule has 0 atom stereocenters. The summed E-state index contributed by atoms with van der Waals surface area (Å²) in [4.78, 5) is 13.4. The Hall–Kier alpha value is -2.04. The molecule has 142 valence electrons. The smallest absolute Gasteiger partial charge is 0.278 e. The van der Waals surface area contributed by atoms with Gasteiger partial charge in [-0.15, -0.1) is 0 Å². The number of hydrogen-bond acceptors (Lipinski definition) is 6. The van der Waals surface area contributed by atoms with Crippen molar-refractivity contribution in [1.82, 2.24) is 9.03 Å². The van der Waals surface area contributed by atoms with Crippen LogP contribution >= 0.6 is 0 Å². The summed E-state index contributed by atoms with van der Waals surface area (Å²) < 4.78 is 42.8. The zero-order valence-corrected chi connectivity index (χ0v) is 16.1. The fourth-order valence-electron chi connectivity index (χ4n) is 2.11. The quantitative estimate of drug-likeness (QED) is 0.674. The molecule has 0 bridgehead atoms. The molecule has 10 heteroatoms. The third-order valence-electron chi connectivity index (χ3n) is 3.44. The van der Waals surface area contributed by atoms with Crippen molar-refractivity contribution in [2.45, 2.75) is 6.92 Å². The molecule has 0 saturated carbocycles. The van der Waals surface area contributed by atoms with E-state index >= 15 is 0 Å². The van der Waals surface area contributed by atoms with Crippen molar-refractivity contribution >= 4 is 21.8 Å². The van der Waals surface area contributed by atoms with E-state index in [4.69, 9.17) is 14.2 Å². The van der Waals surface area contributed by atoms with Gasteiger partial charge in [0.05, 0.1) is 27.0 Å². The molecular formula is C15H25N3O6S. The van der Waals surface area contributed by atoms with Gasteiger partial charge in [0.2, 0.25) is 11.7 Å². The maximum Gasteiger partial charge on any atom is 0.278 e. The van der Waals surface area contributed by atoms with Crippen LogP contribution in [0, 0.1) is 0 Å². The van der Waals surface area contributed by atoms with Crippen molar-refractivity contribution < 1.29 is 27.4 Å². The molecule has 1 N–H and O–H groups in total. The zero-order chi connectivity index (χ0) is 19.2. The number of hydrogen-bond donors (Lipinski definition) is 1. The van der Waals surface area contributed by atoms with Crippen molar-refractivity contribution in [2.24, 2.45) is 0 Å². The van der Waals surface area contributed by atoms with Gasteiger partial charge in [0.1, 0.15) is 0 Å². The van der Waals surface area contributed by atoms with Gasteiger partial charge in [0, 0.05) is 46.2 Å². The second-order valence-electron chi connectivity index (χ2n) is 5.24. The van der Waals surface area contributed by atoms with E-state index in [9.17, 15) is 13.2 Å². The average molecular weight is 375 g/mol. The van der Waals surface area contributed by atoms with Gasteiger partial charge in [-0.25, -0.2) is 4.72 Å². The van der Waals surface area contributed by atoms with Gasteiger partial charge in [-0.1, -0.05) is 0 Å². The minimum absolute atomic E-state index is 0.0523. The Kier molecular flexibility index (Phi) is 7.46. The molecular weight excluding hydrogens is 350 g/mol. The van der Waals surface area contributed by atoms with Crippen LogP contribution in [-0.2, 0) is 15.0 Å². The summed E-state index contributed by atoms with van der Waals surface area (Å²) in [5, 5.41) is 0. The van der Waals surface area contributed by atoms with Crippen LogP contribution < -0.4 is 23.8 Å². The van der Waals surface area contributed by atoms with Gasteiger partial charge in [-0.2, -0.15) is 12.7 Å². The minimum atomic E-state index is -3.56. The van der Waals surface area contributed by atoms with Gasteiger partial charge < -0.3 is 19.1 Å².